The zero-order chi connectivity index (χ0) is 19.9. The molecule has 7 heteroatoms. The second kappa shape index (κ2) is 5.64. The number of carbonyl (C=O) groups excluding carboxylic acids is 3. The fourth-order valence-corrected chi connectivity index (χ4v) is 5.30. The van der Waals surface area contributed by atoms with E-state index in [0.29, 0.717) is 5.69 Å². The predicted molar refractivity (Wildman–Crippen MR) is 105 cm³/mol. The number of likely N-dealkylation sites (tertiary alicyclic amines) is 1. The Morgan fingerprint density at radius 3 is 2.41 bits per heavy atom. The lowest BCUT2D eigenvalue weighted by atomic mass is 9.76. The minimum Gasteiger partial charge on any atom is -0.324 e. The van der Waals surface area contributed by atoms with Crippen LogP contribution in [0.1, 0.15) is 40.2 Å². The van der Waals surface area contributed by atoms with Gasteiger partial charge in [0.05, 0.1) is 11.8 Å². The summed E-state index contributed by atoms with van der Waals surface area (Å²) in [5.74, 6) is -1.91. The molecular formula is C20H24BrN3O3. The van der Waals surface area contributed by atoms with Gasteiger partial charge in [0.1, 0.15) is 5.54 Å². The van der Waals surface area contributed by atoms with Gasteiger partial charge in [0, 0.05) is 27.3 Å². The van der Waals surface area contributed by atoms with Gasteiger partial charge >= 0.3 is 0 Å². The van der Waals surface area contributed by atoms with E-state index in [1.807, 2.05) is 52.8 Å². The largest absolute Gasteiger partial charge is 0.324 e. The number of halogens is 1. The number of fused-ring (bicyclic) bond motifs is 4. The molecule has 0 aromatic heterocycles. The smallest absolute Gasteiger partial charge is 0.250 e. The maximum Gasteiger partial charge on any atom is 0.250 e. The molecule has 3 aliphatic rings. The highest BCUT2D eigenvalue weighted by Gasteiger charge is 2.71. The number of imide groups is 1. The van der Waals surface area contributed by atoms with Crippen LogP contribution in [0.5, 0.6) is 0 Å². The standard InChI is InChI=1S/C20H24BrN3O3/c1-9(2)15-13-14(17(26)24(16(13)25)19(3,4)5)20(23-15)11-8-10(21)6-7-12(11)22-18(20)27/h6-9,13-15,23H,1-5H3,(H,22,27)/t13-,14-,15-,20-/m0/s1. The second-order valence-electron chi connectivity index (χ2n) is 9.05. The highest BCUT2D eigenvalue weighted by Crippen LogP contribution is 2.55. The van der Waals surface area contributed by atoms with Gasteiger partial charge in [-0.3, -0.25) is 24.6 Å². The highest BCUT2D eigenvalue weighted by molar-refractivity contribution is 9.10. The molecule has 3 heterocycles. The van der Waals surface area contributed by atoms with Crippen molar-refractivity contribution in [1.29, 1.82) is 0 Å². The molecule has 144 valence electrons. The molecule has 0 aliphatic carbocycles. The Morgan fingerprint density at radius 2 is 1.81 bits per heavy atom. The number of rotatable bonds is 1. The van der Waals surface area contributed by atoms with E-state index in [2.05, 4.69) is 26.6 Å². The van der Waals surface area contributed by atoms with Crippen LogP contribution in [0.4, 0.5) is 5.69 Å². The maximum atomic E-state index is 13.5. The molecule has 2 saturated heterocycles. The van der Waals surface area contributed by atoms with Crippen molar-refractivity contribution >= 4 is 39.3 Å². The summed E-state index contributed by atoms with van der Waals surface area (Å²) in [4.78, 5) is 41.4. The van der Waals surface area contributed by atoms with Crippen LogP contribution >= 0.6 is 15.9 Å². The Balaban J connectivity index is 1.95. The SMILES string of the molecule is CC(C)[C@@H]1N[C@]2(C(=O)Nc3ccc(Br)cc32)[C@@H]2C(=O)N(C(C)(C)C)C(=O)[C@@H]21. The number of carbonyl (C=O) groups is 3. The number of hydrogen-bond acceptors (Lipinski definition) is 4. The molecule has 2 N–H and O–H groups in total. The lowest BCUT2D eigenvalue weighted by molar-refractivity contribution is -0.148. The molecule has 4 atom stereocenters. The molecule has 6 nitrogen and oxygen atoms in total. The van der Waals surface area contributed by atoms with Gasteiger partial charge in [-0.25, -0.2) is 0 Å². The van der Waals surface area contributed by atoms with Crippen LogP contribution in [0, 0.1) is 17.8 Å². The molecule has 27 heavy (non-hydrogen) atoms. The fraction of sp³-hybridized carbons (Fsp3) is 0.550. The fourth-order valence-electron chi connectivity index (χ4n) is 4.94. The molecule has 0 unspecified atom stereocenters. The summed E-state index contributed by atoms with van der Waals surface area (Å²) in [5, 5.41) is 6.35. The first-order valence-corrected chi connectivity index (χ1v) is 10.1. The number of hydrogen-bond donors (Lipinski definition) is 2. The monoisotopic (exact) mass is 433 g/mol. The van der Waals surface area contributed by atoms with Crippen molar-refractivity contribution in [2.24, 2.45) is 17.8 Å². The van der Waals surface area contributed by atoms with E-state index in [1.165, 1.54) is 4.90 Å². The third-order valence-electron chi connectivity index (χ3n) is 6.00. The van der Waals surface area contributed by atoms with E-state index in [1.54, 1.807) is 0 Å². The number of anilines is 1. The summed E-state index contributed by atoms with van der Waals surface area (Å²) in [6.45, 7) is 9.59. The Bertz CT molecular complexity index is 876. The second-order valence-corrected chi connectivity index (χ2v) is 9.97. The average molecular weight is 434 g/mol. The number of nitrogens with one attached hydrogen (secondary N) is 2. The van der Waals surface area contributed by atoms with E-state index < -0.39 is 22.9 Å². The first-order valence-electron chi connectivity index (χ1n) is 9.27. The van der Waals surface area contributed by atoms with Crippen molar-refractivity contribution < 1.29 is 14.4 Å². The molecule has 1 spiro atoms. The molecule has 3 aliphatic heterocycles. The van der Waals surface area contributed by atoms with E-state index in [4.69, 9.17) is 0 Å². The number of nitrogens with zero attached hydrogens (tertiary/aromatic N) is 1. The van der Waals surface area contributed by atoms with Crippen LogP contribution in [0.2, 0.25) is 0 Å². The number of benzene rings is 1. The van der Waals surface area contributed by atoms with E-state index in [0.717, 1.165) is 10.0 Å². The Kier molecular flexibility index (Phi) is 3.89. The maximum absolute atomic E-state index is 13.5. The zero-order valence-corrected chi connectivity index (χ0v) is 17.7. The molecule has 2 fully saturated rings. The normalized spacial score (nSPS) is 32.5. The molecule has 1 aromatic carbocycles. The Hall–Kier alpha value is -1.73. The van der Waals surface area contributed by atoms with Crippen LogP contribution in [0.15, 0.2) is 22.7 Å². The van der Waals surface area contributed by atoms with Gasteiger partial charge in [0.2, 0.25) is 17.7 Å². The van der Waals surface area contributed by atoms with E-state index >= 15 is 0 Å². The molecule has 0 radical (unpaired) electrons. The van der Waals surface area contributed by atoms with E-state index in [-0.39, 0.29) is 29.7 Å². The first kappa shape index (κ1) is 18.6. The minimum atomic E-state index is -1.22. The van der Waals surface area contributed by atoms with Crippen molar-refractivity contribution in [3.05, 3.63) is 28.2 Å². The number of amides is 3. The first-order chi connectivity index (χ1) is 12.5. The molecular weight excluding hydrogens is 410 g/mol. The van der Waals surface area contributed by atoms with Crippen LogP contribution < -0.4 is 10.6 Å². The van der Waals surface area contributed by atoms with E-state index in [9.17, 15) is 14.4 Å². The minimum absolute atomic E-state index is 0.0950. The van der Waals surface area contributed by atoms with Crippen molar-refractivity contribution in [3.8, 4) is 0 Å². The summed E-state index contributed by atoms with van der Waals surface area (Å²) in [7, 11) is 0. The summed E-state index contributed by atoms with van der Waals surface area (Å²) in [6.07, 6.45) is 0. The average Bonchev–Trinajstić information content (AvgIpc) is 3.13. The van der Waals surface area contributed by atoms with Crippen LogP contribution in [-0.2, 0) is 19.9 Å². The molecule has 0 bridgehead atoms. The van der Waals surface area contributed by atoms with Crippen LogP contribution in [0.3, 0.4) is 0 Å². The zero-order valence-electron chi connectivity index (χ0n) is 16.1. The molecule has 1 aromatic rings. The summed E-state index contributed by atoms with van der Waals surface area (Å²) < 4.78 is 0.827. The third kappa shape index (κ3) is 2.30. The molecule has 0 saturated carbocycles. The van der Waals surface area contributed by atoms with Gasteiger partial charge < -0.3 is 5.32 Å². The van der Waals surface area contributed by atoms with Crippen molar-refractivity contribution in [1.82, 2.24) is 10.2 Å². The lowest BCUT2D eigenvalue weighted by Gasteiger charge is -2.35. The summed E-state index contributed by atoms with van der Waals surface area (Å²) in [6, 6.07) is 5.30. The lowest BCUT2D eigenvalue weighted by Crippen LogP contribution is -2.56. The van der Waals surface area contributed by atoms with Crippen molar-refractivity contribution in [2.45, 2.75) is 51.7 Å². The van der Waals surface area contributed by atoms with Gasteiger partial charge in [0.25, 0.3) is 0 Å². The summed E-state index contributed by atoms with van der Waals surface area (Å²) in [5.41, 5.74) is -0.424. The van der Waals surface area contributed by atoms with Gasteiger partial charge in [-0.15, -0.1) is 0 Å². The van der Waals surface area contributed by atoms with Gasteiger partial charge in [-0.1, -0.05) is 29.8 Å². The Labute approximate surface area is 167 Å². The molecule has 4 rings (SSSR count). The predicted octanol–water partition coefficient (Wildman–Crippen LogP) is 2.62. The Morgan fingerprint density at radius 1 is 1.15 bits per heavy atom. The van der Waals surface area contributed by atoms with Crippen LogP contribution in [-0.4, -0.2) is 34.2 Å². The summed E-state index contributed by atoms with van der Waals surface area (Å²) >= 11 is 3.47. The van der Waals surface area contributed by atoms with Crippen LogP contribution in [0.25, 0.3) is 0 Å². The van der Waals surface area contributed by atoms with Gasteiger partial charge in [0.15, 0.2) is 0 Å². The van der Waals surface area contributed by atoms with Gasteiger partial charge in [-0.05, 0) is 44.9 Å². The third-order valence-corrected chi connectivity index (χ3v) is 6.49. The van der Waals surface area contributed by atoms with Crippen molar-refractivity contribution in [2.75, 3.05) is 5.32 Å². The highest BCUT2D eigenvalue weighted by atomic mass is 79.9. The quantitative estimate of drug-likeness (QED) is 0.667. The van der Waals surface area contributed by atoms with Crippen molar-refractivity contribution in [3.63, 3.8) is 0 Å². The van der Waals surface area contributed by atoms with Gasteiger partial charge in [-0.2, -0.15) is 0 Å². The molecule has 3 amide bonds. The topological polar surface area (TPSA) is 78.5 Å².